The molecule has 0 radical (unpaired) electrons. The topological polar surface area (TPSA) is 79.3 Å². The van der Waals surface area contributed by atoms with Crippen molar-refractivity contribution in [3.8, 4) is 11.3 Å². The molecule has 1 aromatic carbocycles. The molecule has 0 saturated heterocycles. The van der Waals surface area contributed by atoms with Crippen molar-refractivity contribution < 1.29 is 9.18 Å². The summed E-state index contributed by atoms with van der Waals surface area (Å²) in [5.41, 5.74) is 3.60. The first kappa shape index (κ1) is 18.3. The third kappa shape index (κ3) is 3.28. The molecule has 2 aliphatic rings. The largest absolute Gasteiger partial charge is 0.368 e. The van der Waals surface area contributed by atoms with Gasteiger partial charge in [-0.1, -0.05) is 19.1 Å². The Morgan fingerprint density at radius 1 is 1.32 bits per heavy atom. The van der Waals surface area contributed by atoms with Crippen molar-refractivity contribution in [3.63, 3.8) is 0 Å². The van der Waals surface area contributed by atoms with E-state index in [4.69, 9.17) is 0 Å². The minimum atomic E-state index is -0.463. The molecule has 6 nitrogen and oxygen atoms in total. The number of hydrogen-bond donors (Lipinski definition) is 2. The molecule has 144 valence electrons. The van der Waals surface area contributed by atoms with Gasteiger partial charge in [-0.3, -0.25) is 9.79 Å². The van der Waals surface area contributed by atoms with Gasteiger partial charge in [0.1, 0.15) is 11.6 Å². The van der Waals surface area contributed by atoms with E-state index in [1.807, 2.05) is 30.3 Å². The number of hydrogen-bond acceptors (Lipinski definition) is 5. The van der Waals surface area contributed by atoms with Gasteiger partial charge in [0, 0.05) is 30.3 Å². The summed E-state index contributed by atoms with van der Waals surface area (Å²) in [6.07, 6.45) is 3.19. The number of amides is 1. The Labute approximate surface area is 163 Å². The molecular formula is C21H22FN5O. The van der Waals surface area contributed by atoms with E-state index >= 15 is 0 Å². The quantitative estimate of drug-likeness (QED) is 0.749. The van der Waals surface area contributed by atoms with Crippen LogP contribution in [0.2, 0.25) is 0 Å². The maximum Gasteiger partial charge on any atom is 0.228 e. The van der Waals surface area contributed by atoms with Crippen LogP contribution in [0.25, 0.3) is 11.3 Å². The van der Waals surface area contributed by atoms with Crippen molar-refractivity contribution in [2.24, 2.45) is 10.4 Å². The third-order valence-corrected chi connectivity index (χ3v) is 5.59. The lowest BCUT2D eigenvalue weighted by molar-refractivity contribution is -0.115. The van der Waals surface area contributed by atoms with Gasteiger partial charge >= 0.3 is 0 Å². The second-order valence-corrected chi connectivity index (χ2v) is 7.37. The fourth-order valence-corrected chi connectivity index (χ4v) is 3.98. The summed E-state index contributed by atoms with van der Waals surface area (Å²) in [7, 11) is 1.61. The molecule has 1 aliphatic carbocycles. The Bertz CT molecular complexity index is 963. The van der Waals surface area contributed by atoms with Gasteiger partial charge in [0.05, 0.1) is 17.8 Å². The van der Waals surface area contributed by atoms with Crippen molar-refractivity contribution >= 4 is 23.1 Å². The molecular weight excluding hydrogens is 357 g/mol. The normalized spacial score (nSPS) is 17.5. The number of nitrogens with one attached hydrogen (secondary N) is 2. The summed E-state index contributed by atoms with van der Waals surface area (Å²) in [5, 5.41) is 14.6. The van der Waals surface area contributed by atoms with Crippen molar-refractivity contribution in [1.82, 2.24) is 10.2 Å². The Hall–Kier alpha value is -3.09. The van der Waals surface area contributed by atoms with Crippen molar-refractivity contribution in [2.75, 3.05) is 24.2 Å². The Morgan fingerprint density at radius 2 is 2.14 bits per heavy atom. The number of benzene rings is 1. The first-order valence-corrected chi connectivity index (χ1v) is 9.33. The van der Waals surface area contributed by atoms with E-state index in [2.05, 4.69) is 32.4 Å². The number of carbonyl (C=O) groups excluding carboxylic acids is 1. The fraction of sp³-hybridized carbons (Fsp3) is 0.333. The van der Waals surface area contributed by atoms with Crippen LogP contribution < -0.4 is 10.6 Å². The van der Waals surface area contributed by atoms with Crippen molar-refractivity contribution in [2.45, 2.75) is 25.7 Å². The number of allylic oxidation sites excluding steroid dienone is 1. The molecule has 1 saturated carbocycles. The van der Waals surface area contributed by atoms with Crippen LogP contribution in [0.3, 0.4) is 0 Å². The summed E-state index contributed by atoms with van der Waals surface area (Å²) in [6.45, 7) is 3.97. The first-order chi connectivity index (χ1) is 13.5. The molecule has 0 bridgehead atoms. The molecule has 2 N–H and O–H groups in total. The van der Waals surface area contributed by atoms with Gasteiger partial charge in [0.15, 0.2) is 0 Å². The lowest BCUT2D eigenvalue weighted by Gasteiger charge is -2.42. The highest BCUT2D eigenvalue weighted by atomic mass is 19.1. The zero-order valence-corrected chi connectivity index (χ0v) is 15.8. The van der Waals surface area contributed by atoms with Gasteiger partial charge < -0.3 is 10.6 Å². The Balaban J connectivity index is 1.46. The van der Waals surface area contributed by atoms with Gasteiger partial charge in [-0.15, -0.1) is 10.2 Å². The molecule has 0 spiro atoms. The Morgan fingerprint density at radius 3 is 2.75 bits per heavy atom. The third-order valence-electron chi connectivity index (χ3n) is 5.59. The number of halogens is 1. The second kappa shape index (κ2) is 7.14. The van der Waals surface area contributed by atoms with Crippen LogP contribution in [0, 0.1) is 5.41 Å². The van der Waals surface area contributed by atoms with Crippen molar-refractivity contribution in [1.29, 1.82) is 0 Å². The highest BCUT2D eigenvalue weighted by Crippen LogP contribution is 2.44. The van der Waals surface area contributed by atoms with Crippen molar-refractivity contribution in [3.05, 3.63) is 48.3 Å². The fourth-order valence-electron chi connectivity index (χ4n) is 3.98. The van der Waals surface area contributed by atoms with Gasteiger partial charge in [-0.05, 0) is 42.7 Å². The lowest BCUT2D eigenvalue weighted by atomic mass is 9.65. The van der Waals surface area contributed by atoms with Gasteiger partial charge in [-0.2, -0.15) is 0 Å². The lowest BCUT2D eigenvalue weighted by Crippen LogP contribution is -2.44. The van der Waals surface area contributed by atoms with Crippen LogP contribution in [-0.2, 0) is 11.2 Å². The number of nitrogens with zero attached hydrogens (tertiary/aromatic N) is 3. The zero-order chi connectivity index (χ0) is 19.7. The summed E-state index contributed by atoms with van der Waals surface area (Å²) >= 11 is 0. The molecule has 0 atom stereocenters. The molecule has 7 heteroatoms. The average Bonchev–Trinajstić information content (AvgIpc) is 3.03. The van der Waals surface area contributed by atoms with E-state index < -0.39 is 5.83 Å². The van der Waals surface area contributed by atoms with E-state index in [1.165, 1.54) is 0 Å². The zero-order valence-electron chi connectivity index (χ0n) is 15.8. The molecule has 28 heavy (non-hydrogen) atoms. The molecule has 1 aliphatic heterocycles. The van der Waals surface area contributed by atoms with E-state index in [9.17, 15) is 9.18 Å². The maximum atomic E-state index is 13.8. The minimum Gasteiger partial charge on any atom is -0.368 e. The number of carbonyl (C=O) groups is 1. The van der Waals surface area contributed by atoms with E-state index in [0.717, 1.165) is 41.8 Å². The maximum absolute atomic E-state index is 13.8. The number of aliphatic imine (C=N–C) groups is 1. The van der Waals surface area contributed by atoms with Crippen LogP contribution in [0.5, 0.6) is 0 Å². The van der Waals surface area contributed by atoms with E-state index in [-0.39, 0.29) is 11.3 Å². The van der Waals surface area contributed by atoms with Gasteiger partial charge in [-0.25, -0.2) is 4.39 Å². The van der Waals surface area contributed by atoms with Crippen LogP contribution in [-0.4, -0.2) is 35.4 Å². The summed E-state index contributed by atoms with van der Waals surface area (Å²) in [6, 6.07) is 9.52. The molecule has 4 rings (SSSR count). The number of aromatic nitrogens is 2. The minimum absolute atomic E-state index is 0.00801. The molecule has 2 heterocycles. The smallest absolute Gasteiger partial charge is 0.228 e. The summed E-state index contributed by atoms with van der Waals surface area (Å²) in [4.78, 5) is 15.6. The Kier molecular flexibility index (Phi) is 4.66. The predicted molar refractivity (Wildman–Crippen MR) is 108 cm³/mol. The van der Waals surface area contributed by atoms with Gasteiger partial charge in [0.2, 0.25) is 5.91 Å². The predicted octanol–water partition coefficient (Wildman–Crippen LogP) is 3.77. The van der Waals surface area contributed by atoms with Crippen LogP contribution in [0.1, 0.15) is 24.8 Å². The van der Waals surface area contributed by atoms with Crippen LogP contribution in [0.15, 0.2) is 47.7 Å². The molecule has 1 aromatic heterocycles. The molecule has 1 fully saturated rings. The highest BCUT2D eigenvalue weighted by Gasteiger charge is 2.42. The summed E-state index contributed by atoms with van der Waals surface area (Å²) in [5.74, 6) is 0.177. The van der Waals surface area contributed by atoms with E-state index in [0.29, 0.717) is 24.5 Å². The number of rotatable bonds is 6. The molecule has 2 aromatic rings. The monoisotopic (exact) mass is 379 g/mol. The summed E-state index contributed by atoms with van der Waals surface area (Å²) < 4.78 is 13.8. The second-order valence-electron chi connectivity index (χ2n) is 7.37. The molecule has 0 unspecified atom stereocenters. The van der Waals surface area contributed by atoms with Gasteiger partial charge in [0.25, 0.3) is 0 Å². The van der Waals surface area contributed by atoms with Crippen LogP contribution in [0.4, 0.5) is 15.9 Å². The number of anilines is 2. The highest BCUT2D eigenvalue weighted by molar-refractivity contribution is 6.03. The molecule has 1 amide bonds. The first-order valence-electron chi connectivity index (χ1n) is 9.33. The SMILES string of the molecule is C=C(F)C(=NC)C1(CNc2ccc(-c3ccc4c(c3)CC(=O)N4)nn2)CCC1. The standard InChI is InChI=1S/C21H22FN5O/c1-13(22)20(23-2)21(8-3-9-21)12-24-18-7-6-17(26-27-18)14-4-5-16-15(10-14)11-19(28)25-16/h4-7,10H,1,3,8-9,11-12H2,2H3,(H,24,27)(H,25,28). The number of fused-ring (bicyclic) bond motifs is 1. The van der Waals surface area contributed by atoms with Crippen LogP contribution >= 0.6 is 0 Å². The average molecular weight is 379 g/mol. The van der Waals surface area contributed by atoms with E-state index in [1.54, 1.807) is 7.05 Å².